The average Bonchev–Trinajstić information content (AvgIpc) is 2.97. The highest BCUT2D eigenvalue weighted by Crippen LogP contribution is 2.40. The lowest BCUT2D eigenvalue weighted by atomic mass is 9.86. The molecule has 3 nitrogen and oxygen atoms in total. The van der Waals surface area contributed by atoms with E-state index in [2.05, 4.69) is 4.90 Å². The van der Waals surface area contributed by atoms with Crippen molar-refractivity contribution < 1.29 is 10.2 Å². The van der Waals surface area contributed by atoms with Gasteiger partial charge >= 0.3 is 0 Å². The lowest BCUT2D eigenvalue weighted by Gasteiger charge is -2.35. The molecule has 0 aromatic carbocycles. The van der Waals surface area contributed by atoms with Crippen LogP contribution in [0, 0.1) is 5.41 Å². The van der Waals surface area contributed by atoms with Gasteiger partial charge in [-0.1, -0.05) is 12.8 Å². The molecule has 1 atom stereocenters. The summed E-state index contributed by atoms with van der Waals surface area (Å²) in [6.45, 7) is 2.95. The molecule has 1 saturated carbocycles. The molecule has 3 heteroatoms. The van der Waals surface area contributed by atoms with Crippen molar-refractivity contribution in [3.8, 4) is 0 Å². The van der Waals surface area contributed by atoms with Gasteiger partial charge in [-0.25, -0.2) is 0 Å². The van der Waals surface area contributed by atoms with Gasteiger partial charge in [0.25, 0.3) is 0 Å². The topological polar surface area (TPSA) is 43.7 Å². The van der Waals surface area contributed by atoms with E-state index in [4.69, 9.17) is 5.11 Å². The summed E-state index contributed by atoms with van der Waals surface area (Å²) in [4.78, 5) is 2.58. The summed E-state index contributed by atoms with van der Waals surface area (Å²) in [5.41, 5.74) is 0.196. The maximum absolute atomic E-state index is 9.67. The van der Waals surface area contributed by atoms with Crippen LogP contribution in [-0.4, -0.2) is 47.5 Å². The van der Waals surface area contributed by atoms with Gasteiger partial charge in [-0.3, -0.25) is 4.90 Å². The predicted molar refractivity (Wildman–Crippen MR) is 68.9 cm³/mol. The van der Waals surface area contributed by atoms with E-state index in [1.54, 1.807) is 0 Å². The largest absolute Gasteiger partial charge is 0.396 e. The van der Waals surface area contributed by atoms with E-state index in [1.807, 2.05) is 0 Å². The van der Waals surface area contributed by atoms with E-state index in [0.717, 1.165) is 19.4 Å². The number of hydrogen-bond acceptors (Lipinski definition) is 3. The molecule has 2 aliphatic rings. The predicted octanol–water partition coefficient (Wildman–Crippen LogP) is 1.78. The number of nitrogens with zero attached hydrogens (tertiary/aromatic N) is 1. The summed E-state index contributed by atoms with van der Waals surface area (Å²) in [6, 6.07) is 0.658. The molecule has 1 saturated heterocycles. The van der Waals surface area contributed by atoms with E-state index in [9.17, 15) is 5.11 Å². The Morgan fingerprint density at radius 3 is 2.53 bits per heavy atom. The summed E-state index contributed by atoms with van der Waals surface area (Å²) in [7, 11) is 0. The van der Waals surface area contributed by atoms with Gasteiger partial charge in [-0.05, 0) is 45.1 Å². The SMILES string of the molecule is OCCCC1CCCN1CC1(CO)CCCC1. The van der Waals surface area contributed by atoms with Crippen molar-refractivity contribution in [2.75, 3.05) is 26.3 Å². The van der Waals surface area contributed by atoms with Crippen LogP contribution in [0.5, 0.6) is 0 Å². The summed E-state index contributed by atoms with van der Waals surface area (Å²) < 4.78 is 0. The summed E-state index contributed by atoms with van der Waals surface area (Å²) in [5, 5.41) is 18.6. The van der Waals surface area contributed by atoms with E-state index in [1.165, 1.54) is 45.1 Å². The third-order valence-electron chi connectivity index (χ3n) is 4.73. The molecule has 0 amide bonds. The fraction of sp³-hybridized carbons (Fsp3) is 1.00. The van der Waals surface area contributed by atoms with Crippen LogP contribution in [-0.2, 0) is 0 Å². The van der Waals surface area contributed by atoms with Gasteiger partial charge in [-0.2, -0.15) is 0 Å². The van der Waals surface area contributed by atoms with E-state index in [0.29, 0.717) is 19.3 Å². The molecule has 2 N–H and O–H groups in total. The van der Waals surface area contributed by atoms with Gasteiger partial charge in [0.05, 0.1) is 0 Å². The van der Waals surface area contributed by atoms with Crippen LogP contribution >= 0.6 is 0 Å². The number of hydrogen-bond donors (Lipinski definition) is 2. The van der Waals surface area contributed by atoms with E-state index in [-0.39, 0.29) is 5.41 Å². The van der Waals surface area contributed by atoms with Crippen molar-refractivity contribution in [1.29, 1.82) is 0 Å². The first-order valence-corrected chi connectivity index (χ1v) is 7.25. The van der Waals surface area contributed by atoms with Crippen LogP contribution in [0.2, 0.25) is 0 Å². The molecule has 0 aromatic heterocycles. The van der Waals surface area contributed by atoms with Gasteiger partial charge in [0.1, 0.15) is 0 Å². The fourth-order valence-electron chi connectivity index (χ4n) is 3.68. The second-order valence-corrected chi connectivity index (χ2v) is 6.00. The van der Waals surface area contributed by atoms with Crippen LogP contribution in [0.1, 0.15) is 51.4 Å². The Morgan fingerprint density at radius 1 is 1.12 bits per heavy atom. The number of aliphatic hydroxyl groups excluding tert-OH is 2. The average molecular weight is 241 g/mol. The van der Waals surface area contributed by atoms with Crippen molar-refractivity contribution in [3.63, 3.8) is 0 Å². The highest BCUT2D eigenvalue weighted by atomic mass is 16.3. The molecule has 2 fully saturated rings. The third kappa shape index (κ3) is 3.21. The second kappa shape index (κ2) is 6.17. The van der Waals surface area contributed by atoms with Gasteiger partial charge in [-0.15, -0.1) is 0 Å². The Balaban J connectivity index is 1.87. The number of aliphatic hydroxyl groups is 2. The maximum atomic E-state index is 9.67. The molecule has 1 unspecified atom stereocenters. The minimum absolute atomic E-state index is 0.196. The molecule has 2 rings (SSSR count). The molecule has 100 valence electrons. The highest BCUT2D eigenvalue weighted by molar-refractivity contribution is 4.90. The first-order valence-electron chi connectivity index (χ1n) is 7.25. The summed E-state index contributed by atoms with van der Waals surface area (Å²) in [6.07, 6.45) is 9.59. The number of rotatable bonds is 6. The van der Waals surface area contributed by atoms with Crippen LogP contribution in [0.15, 0.2) is 0 Å². The molecule has 17 heavy (non-hydrogen) atoms. The van der Waals surface area contributed by atoms with E-state index < -0.39 is 0 Å². The summed E-state index contributed by atoms with van der Waals surface area (Å²) in [5.74, 6) is 0. The quantitative estimate of drug-likeness (QED) is 0.745. The Hall–Kier alpha value is -0.120. The molecule has 1 heterocycles. The Kier molecular flexibility index (Phi) is 4.83. The van der Waals surface area contributed by atoms with Gasteiger partial charge in [0.2, 0.25) is 0 Å². The molecule has 0 bridgehead atoms. The van der Waals surface area contributed by atoms with Gasteiger partial charge < -0.3 is 10.2 Å². The monoisotopic (exact) mass is 241 g/mol. The Labute approximate surface area is 105 Å². The van der Waals surface area contributed by atoms with E-state index >= 15 is 0 Å². The van der Waals surface area contributed by atoms with Crippen molar-refractivity contribution >= 4 is 0 Å². The minimum Gasteiger partial charge on any atom is -0.396 e. The first-order chi connectivity index (χ1) is 8.29. The lowest BCUT2D eigenvalue weighted by Crippen LogP contribution is -2.41. The minimum atomic E-state index is 0.196. The lowest BCUT2D eigenvalue weighted by molar-refractivity contribution is 0.0697. The molecular weight excluding hydrogens is 214 g/mol. The van der Waals surface area contributed by atoms with Gasteiger partial charge in [0, 0.05) is 31.2 Å². The highest BCUT2D eigenvalue weighted by Gasteiger charge is 2.37. The van der Waals surface area contributed by atoms with Crippen LogP contribution in [0.25, 0.3) is 0 Å². The fourth-order valence-corrected chi connectivity index (χ4v) is 3.68. The van der Waals surface area contributed by atoms with Crippen LogP contribution in [0.4, 0.5) is 0 Å². The van der Waals surface area contributed by atoms with Crippen molar-refractivity contribution in [2.45, 2.75) is 57.4 Å². The van der Waals surface area contributed by atoms with Crippen LogP contribution in [0.3, 0.4) is 0 Å². The van der Waals surface area contributed by atoms with Crippen LogP contribution < -0.4 is 0 Å². The molecule has 1 aliphatic heterocycles. The number of likely N-dealkylation sites (tertiary alicyclic amines) is 1. The maximum Gasteiger partial charge on any atom is 0.0499 e. The smallest absolute Gasteiger partial charge is 0.0499 e. The second-order valence-electron chi connectivity index (χ2n) is 6.00. The zero-order valence-corrected chi connectivity index (χ0v) is 10.9. The zero-order chi connectivity index (χ0) is 12.1. The normalized spacial score (nSPS) is 28.9. The Bertz CT molecular complexity index is 226. The first kappa shape index (κ1) is 13.3. The van der Waals surface area contributed by atoms with Crippen molar-refractivity contribution in [2.24, 2.45) is 5.41 Å². The molecule has 0 radical (unpaired) electrons. The van der Waals surface area contributed by atoms with Crippen molar-refractivity contribution in [1.82, 2.24) is 4.90 Å². The third-order valence-corrected chi connectivity index (χ3v) is 4.73. The summed E-state index contributed by atoms with van der Waals surface area (Å²) >= 11 is 0. The molecule has 1 aliphatic carbocycles. The van der Waals surface area contributed by atoms with Gasteiger partial charge in [0.15, 0.2) is 0 Å². The van der Waals surface area contributed by atoms with Crippen molar-refractivity contribution in [3.05, 3.63) is 0 Å². The Morgan fingerprint density at radius 2 is 1.88 bits per heavy atom. The zero-order valence-electron chi connectivity index (χ0n) is 10.9. The standard InChI is InChI=1S/C14H27NO2/c16-10-4-6-13-5-3-9-15(13)11-14(12-17)7-1-2-8-14/h13,16-17H,1-12H2. The molecule has 0 aromatic rings. The molecular formula is C14H27NO2. The molecule has 0 spiro atoms.